The Bertz CT molecular complexity index is 492. The number of aromatic nitrogens is 1. The van der Waals surface area contributed by atoms with Crippen molar-refractivity contribution in [2.45, 2.75) is 39.9 Å². The molecule has 0 radical (unpaired) electrons. The summed E-state index contributed by atoms with van der Waals surface area (Å²) in [5.41, 5.74) is 5.32. The van der Waals surface area contributed by atoms with Crippen molar-refractivity contribution in [3.8, 4) is 0 Å². The molecule has 1 aromatic heterocycles. The first-order valence-corrected chi connectivity index (χ1v) is 6.07. The van der Waals surface area contributed by atoms with E-state index in [9.17, 15) is 13.2 Å². The van der Waals surface area contributed by atoms with Crippen LogP contribution in [0.1, 0.15) is 33.4 Å². The van der Waals surface area contributed by atoms with E-state index in [2.05, 4.69) is 38.0 Å². The Labute approximate surface area is 110 Å². The molecule has 0 spiro atoms. The number of pyridine rings is 1. The average molecular weight is 273 g/mol. The van der Waals surface area contributed by atoms with Crippen LogP contribution in [0.3, 0.4) is 0 Å². The molecule has 1 aliphatic rings. The predicted octanol–water partition coefficient (Wildman–Crippen LogP) is 3.53. The molecule has 2 rings (SSSR count). The highest BCUT2D eigenvalue weighted by atomic mass is 19.4. The molecule has 1 aliphatic carbocycles. The van der Waals surface area contributed by atoms with Crippen molar-refractivity contribution < 1.29 is 13.2 Å². The van der Waals surface area contributed by atoms with Crippen LogP contribution in [-0.4, -0.2) is 11.0 Å². The molecule has 1 fully saturated rings. The van der Waals surface area contributed by atoms with E-state index in [1.807, 2.05) is 0 Å². The Hall–Kier alpha value is -1.46. The maximum absolute atomic E-state index is 12.6. The first-order chi connectivity index (χ1) is 8.48. The van der Waals surface area contributed by atoms with Crippen LogP contribution in [0.2, 0.25) is 0 Å². The van der Waals surface area contributed by atoms with Crippen LogP contribution in [0, 0.1) is 10.8 Å². The van der Waals surface area contributed by atoms with Gasteiger partial charge in [-0.05, 0) is 16.9 Å². The van der Waals surface area contributed by atoms with Gasteiger partial charge >= 0.3 is 6.18 Å². The molecule has 19 heavy (non-hydrogen) atoms. The topological polar surface area (TPSA) is 50.9 Å². The van der Waals surface area contributed by atoms with Crippen LogP contribution in [0.5, 0.6) is 0 Å². The average Bonchev–Trinajstić information content (AvgIpc) is 2.62. The van der Waals surface area contributed by atoms with Gasteiger partial charge in [-0.2, -0.15) is 13.2 Å². The maximum Gasteiger partial charge on any atom is 0.433 e. The fraction of sp³-hybridized carbons (Fsp3) is 0.615. The molecule has 0 atom stereocenters. The molecule has 0 aromatic carbocycles. The summed E-state index contributed by atoms with van der Waals surface area (Å²) >= 11 is 0. The zero-order chi connectivity index (χ0) is 14.6. The van der Waals surface area contributed by atoms with E-state index in [0.29, 0.717) is 5.69 Å². The zero-order valence-electron chi connectivity index (χ0n) is 11.4. The van der Waals surface area contributed by atoms with E-state index in [-0.39, 0.29) is 22.6 Å². The van der Waals surface area contributed by atoms with Gasteiger partial charge in [0.15, 0.2) is 0 Å². The molecule has 0 amide bonds. The molecule has 6 heteroatoms. The van der Waals surface area contributed by atoms with Gasteiger partial charge < -0.3 is 11.1 Å². The summed E-state index contributed by atoms with van der Waals surface area (Å²) in [6.45, 7) is 8.30. The van der Waals surface area contributed by atoms with Gasteiger partial charge in [0.05, 0.1) is 17.6 Å². The standard InChI is InChI=1S/C13H18F3N3/c1-11(2)10(12(11,3)4)19-8-5-9(13(14,15)16)18-6-7(8)17/h5-6,10H,17H2,1-4H3,(H,18,19). The molecule has 0 unspecified atom stereocenters. The van der Waals surface area contributed by atoms with Crippen molar-refractivity contribution in [3.05, 3.63) is 18.0 Å². The summed E-state index contributed by atoms with van der Waals surface area (Å²) in [7, 11) is 0. The minimum Gasteiger partial charge on any atom is -0.396 e. The van der Waals surface area contributed by atoms with Crippen LogP contribution >= 0.6 is 0 Å². The third-order valence-corrected chi connectivity index (χ3v) is 4.55. The van der Waals surface area contributed by atoms with E-state index >= 15 is 0 Å². The number of hydrogen-bond donors (Lipinski definition) is 2. The van der Waals surface area contributed by atoms with Crippen molar-refractivity contribution in [3.63, 3.8) is 0 Å². The number of nitrogen functional groups attached to an aromatic ring is 1. The van der Waals surface area contributed by atoms with Gasteiger partial charge in [0.25, 0.3) is 0 Å². The largest absolute Gasteiger partial charge is 0.433 e. The minimum absolute atomic E-state index is 0.0150. The predicted molar refractivity (Wildman–Crippen MR) is 68.6 cm³/mol. The summed E-state index contributed by atoms with van der Waals surface area (Å²) in [6.07, 6.45) is -3.41. The third kappa shape index (κ3) is 2.13. The lowest BCUT2D eigenvalue weighted by molar-refractivity contribution is -0.141. The molecule has 106 valence electrons. The minimum atomic E-state index is -4.46. The highest BCUT2D eigenvalue weighted by Crippen LogP contribution is 2.63. The third-order valence-electron chi connectivity index (χ3n) is 4.55. The van der Waals surface area contributed by atoms with Gasteiger partial charge in [0.2, 0.25) is 0 Å². The lowest BCUT2D eigenvalue weighted by Gasteiger charge is -2.13. The van der Waals surface area contributed by atoms with Crippen molar-refractivity contribution in [2.75, 3.05) is 11.1 Å². The molecule has 0 aliphatic heterocycles. The second kappa shape index (κ2) is 3.77. The van der Waals surface area contributed by atoms with Gasteiger partial charge in [0, 0.05) is 6.04 Å². The lowest BCUT2D eigenvalue weighted by atomic mass is 10.0. The van der Waals surface area contributed by atoms with Crippen molar-refractivity contribution in [1.82, 2.24) is 4.98 Å². The van der Waals surface area contributed by atoms with Crippen LogP contribution in [-0.2, 0) is 6.18 Å². The Morgan fingerprint density at radius 1 is 1.21 bits per heavy atom. The van der Waals surface area contributed by atoms with Crippen molar-refractivity contribution in [1.29, 1.82) is 0 Å². The Morgan fingerprint density at radius 2 is 1.74 bits per heavy atom. The molecular weight excluding hydrogens is 255 g/mol. The summed E-state index contributed by atoms with van der Waals surface area (Å²) in [6, 6.07) is 1.06. The lowest BCUT2D eigenvalue weighted by Crippen LogP contribution is -2.14. The Morgan fingerprint density at radius 3 is 2.16 bits per heavy atom. The molecule has 1 heterocycles. The molecule has 1 aromatic rings. The first-order valence-electron chi connectivity index (χ1n) is 6.07. The fourth-order valence-electron chi connectivity index (χ4n) is 2.46. The van der Waals surface area contributed by atoms with Gasteiger partial charge in [-0.1, -0.05) is 27.7 Å². The normalized spacial score (nSPS) is 21.2. The molecule has 1 saturated carbocycles. The van der Waals surface area contributed by atoms with Crippen LogP contribution in [0.4, 0.5) is 24.5 Å². The van der Waals surface area contributed by atoms with E-state index in [1.54, 1.807) is 0 Å². The number of alkyl halides is 3. The number of anilines is 2. The van der Waals surface area contributed by atoms with E-state index in [1.165, 1.54) is 0 Å². The summed E-state index contributed by atoms with van der Waals surface area (Å²) in [5, 5.41) is 3.11. The number of nitrogens with two attached hydrogens (primary N) is 1. The molecule has 0 bridgehead atoms. The first kappa shape index (κ1) is 14.0. The Kier molecular flexibility index (Phi) is 2.77. The Balaban J connectivity index is 2.27. The van der Waals surface area contributed by atoms with Crippen molar-refractivity contribution in [2.24, 2.45) is 10.8 Å². The number of nitrogens with one attached hydrogen (secondary N) is 1. The molecule has 3 nitrogen and oxygen atoms in total. The number of nitrogens with zero attached hydrogens (tertiary/aromatic N) is 1. The highest BCUT2D eigenvalue weighted by Gasteiger charge is 2.65. The highest BCUT2D eigenvalue weighted by molar-refractivity contribution is 5.67. The van der Waals surface area contributed by atoms with E-state index in [4.69, 9.17) is 5.73 Å². The quantitative estimate of drug-likeness (QED) is 0.866. The van der Waals surface area contributed by atoms with Gasteiger partial charge in [-0.25, -0.2) is 4.98 Å². The summed E-state index contributed by atoms with van der Waals surface area (Å²) in [4.78, 5) is 3.32. The molecular formula is C13H18F3N3. The van der Waals surface area contributed by atoms with Crippen LogP contribution < -0.4 is 11.1 Å². The zero-order valence-corrected chi connectivity index (χ0v) is 11.4. The number of hydrogen-bond acceptors (Lipinski definition) is 3. The van der Waals surface area contributed by atoms with Crippen LogP contribution in [0.25, 0.3) is 0 Å². The van der Waals surface area contributed by atoms with Gasteiger partial charge in [-0.3, -0.25) is 0 Å². The fourth-order valence-corrected chi connectivity index (χ4v) is 2.46. The number of halogens is 3. The van der Waals surface area contributed by atoms with Crippen molar-refractivity contribution >= 4 is 11.4 Å². The maximum atomic E-state index is 12.6. The molecule has 3 N–H and O–H groups in total. The summed E-state index contributed by atoms with van der Waals surface area (Å²) < 4.78 is 37.9. The second-order valence-electron chi connectivity index (χ2n) is 6.18. The smallest absolute Gasteiger partial charge is 0.396 e. The van der Waals surface area contributed by atoms with Gasteiger partial charge in [0.1, 0.15) is 5.69 Å². The van der Waals surface area contributed by atoms with Crippen LogP contribution in [0.15, 0.2) is 12.3 Å². The molecule has 0 saturated heterocycles. The van der Waals surface area contributed by atoms with E-state index < -0.39 is 11.9 Å². The monoisotopic (exact) mass is 273 g/mol. The van der Waals surface area contributed by atoms with E-state index in [0.717, 1.165) is 12.3 Å². The second-order valence-corrected chi connectivity index (χ2v) is 6.18. The summed E-state index contributed by atoms with van der Waals surface area (Å²) in [5.74, 6) is 0. The SMILES string of the molecule is CC1(C)C(Nc2cc(C(F)(F)F)ncc2N)C1(C)C. The number of rotatable bonds is 2. The van der Waals surface area contributed by atoms with Gasteiger partial charge in [-0.15, -0.1) is 0 Å².